The molecule has 7 heteroatoms. The maximum absolute atomic E-state index is 12.0. The molecule has 1 aliphatic rings. The van der Waals surface area contributed by atoms with E-state index in [4.69, 9.17) is 9.47 Å². The van der Waals surface area contributed by atoms with Gasteiger partial charge in [0.15, 0.2) is 6.23 Å². The van der Waals surface area contributed by atoms with Crippen molar-refractivity contribution < 1.29 is 14.6 Å². The zero-order valence-electron chi connectivity index (χ0n) is 15.2. The van der Waals surface area contributed by atoms with E-state index < -0.39 is 35.3 Å². The number of hydrogen-bond donors (Lipinski definition) is 2. The Morgan fingerprint density at radius 1 is 1.25 bits per heavy atom. The minimum absolute atomic E-state index is 0.0330. The SMILES string of the molecule is CC(C)(C)C[C@H]1O[C@@H](n2ccc(=O)[nH]c2=O)[C@@H](O)C1OC(C)(C)C. The third-order valence-electron chi connectivity index (χ3n) is 3.74. The smallest absolute Gasteiger partial charge is 0.330 e. The van der Waals surface area contributed by atoms with Crippen molar-refractivity contribution >= 4 is 0 Å². The topological polar surface area (TPSA) is 93.6 Å². The Balaban J connectivity index is 2.35. The van der Waals surface area contributed by atoms with E-state index in [-0.39, 0.29) is 11.5 Å². The van der Waals surface area contributed by atoms with Crippen molar-refractivity contribution in [2.24, 2.45) is 5.41 Å². The lowest BCUT2D eigenvalue weighted by atomic mass is 9.87. The molecule has 4 atom stereocenters. The zero-order chi connectivity index (χ0) is 18.3. The standard InChI is InChI=1S/C17H28N2O5/c1-16(2,3)9-10-13(24-17(4,5)6)12(21)14(23-10)19-8-7-11(20)18-15(19)22/h7-8,10,12-14,21H,9H2,1-6H3,(H,18,20,22)/t10-,12+,13?,14-/m1/s1. The summed E-state index contributed by atoms with van der Waals surface area (Å²) in [5, 5.41) is 10.7. The molecule has 0 bridgehead atoms. The first-order valence-corrected chi connectivity index (χ1v) is 8.20. The van der Waals surface area contributed by atoms with Crippen LogP contribution in [0.25, 0.3) is 0 Å². The summed E-state index contributed by atoms with van der Waals surface area (Å²) < 4.78 is 13.2. The quantitative estimate of drug-likeness (QED) is 0.868. The van der Waals surface area contributed by atoms with Crippen LogP contribution < -0.4 is 11.2 Å². The van der Waals surface area contributed by atoms with Gasteiger partial charge in [0, 0.05) is 12.3 Å². The molecule has 1 aliphatic heterocycles. The van der Waals surface area contributed by atoms with E-state index in [2.05, 4.69) is 25.8 Å². The lowest BCUT2D eigenvalue weighted by Gasteiger charge is -2.32. The molecule has 1 saturated heterocycles. The van der Waals surface area contributed by atoms with Crippen LogP contribution in [0.3, 0.4) is 0 Å². The van der Waals surface area contributed by atoms with Gasteiger partial charge in [-0.15, -0.1) is 0 Å². The summed E-state index contributed by atoms with van der Waals surface area (Å²) in [6.07, 6.45) is -0.826. The second kappa shape index (κ2) is 6.46. The summed E-state index contributed by atoms with van der Waals surface area (Å²) in [6.45, 7) is 12.0. The van der Waals surface area contributed by atoms with Gasteiger partial charge in [0.1, 0.15) is 12.2 Å². The average molecular weight is 340 g/mol. The Bertz CT molecular complexity index is 680. The van der Waals surface area contributed by atoms with Crippen LogP contribution in [0.15, 0.2) is 21.9 Å². The molecule has 136 valence electrons. The van der Waals surface area contributed by atoms with Crippen LogP contribution in [0, 0.1) is 5.41 Å². The molecule has 0 aliphatic carbocycles. The molecular formula is C17H28N2O5. The Morgan fingerprint density at radius 3 is 2.38 bits per heavy atom. The number of aliphatic hydroxyl groups excluding tert-OH is 1. The lowest BCUT2D eigenvalue weighted by molar-refractivity contribution is -0.117. The molecule has 0 saturated carbocycles. The van der Waals surface area contributed by atoms with E-state index in [1.807, 2.05) is 20.8 Å². The number of nitrogens with one attached hydrogen (secondary N) is 1. The minimum Gasteiger partial charge on any atom is -0.386 e. The predicted molar refractivity (Wildman–Crippen MR) is 89.9 cm³/mol. The summed E-state index contributed by atoms with van der Waals surface area (Å²) in [5.41, 5.74) is -1.60. The highest BCUT2D eigenvalue weighted by molar-refractivity contribution is 4.96. The number of ether oxygens (including phenoxy) is 2. The van der Waals surface area contributed by atoms with Gasteiger partial charge in [-0.25, -0.2) is 4.79 Å². The fourth-order valence-electron chi connectivity index (χ4n) is 2.90. The number of aliphatic hydroxyl groups is 1. The number of aromatic nitrogens is 2. The largest absolute Gasteiger partial charge is 0.386 e. The third-order valence-corrected chi connectivity index (χ3v) is 3.74. The van der Waals surface area contributed by atoms with Gasteiger partial charge in [0.2, 0.25) is 0 Å². The molecular weight excluding hydrogens is 312 g/mol. The predicted octanol–water partition coefficient (Wildman–Crippen LogP) is 1.41. The van der Waals surface area contributed by atoms with Crippen LogP contribution in [0.4, 0.5) is 0 Å². The van der Waals surface area contributed by atoms with Gasteiger partial charge in [-0.2, -0.15) is 0 Å². The molecule has 2 rings (SSSR count). The highest BCUT2D eigenvalue weighted by atomic mass is 16.6. The molecule has 2 heterocycles. The summed E-state index contributed by atoms with van der Waals surface area (Å²) >= 11 is 0. The number of rotatable bonds is 3. The van der Waals surface area contributed by atoms with Gasteiger partial charge in [-0.1, -0.05) is 20.8 Å². The maximum Gasteiger partial charge on any atom is 0.330 e. The first-order valence-electron chi connectivity index (χ1n) is 8.20. The summed E-state index contributed by atoms with van der Waals surface area (Å²) in [7, 11) is 0. The summed E-state index contributed by atoms with van der Waals surface area (Å²) in [6, 6.07) is 1.23. The van der Waals surface area contributed by atoms with Crippen molar-refractivity contribution in [3.05, 3.63) is 33.1 Å². The monoisotopic (exact) mass is 340 g/mol. The van der Waals surface area contributed by atoms with Crippen molar-refractivity contribution in [2.45, 2.75) is 78.1 Å². The molecule has 7 nitrogen and oxygen atoms in total. The van der Waals surface area contributed by atoms with Gasteiger partial charge >= 0.3 is 5.69 Å². The van der Waals surface area contributed by atoms with Crippen LogP contribution in [-0.2, 0) is 9.47 Å². The van der Waals surface area contributed by atoms with E-state index in [1.54, 1.807) is 0 Å². The summed E-state index contributed by atoms with van der Waals surface area (Å²) in [4.78, 5) is 25.5. The van der Waals surface area contributed by atoms with Crippen molar-refractivity contribution in [2.75, 3.05) is 0 Å². The normalized spacial score (nSPS) is 28.3. The molecule has 24 heavy (non-hydrogen) atoms. The average Bonchev–Trinajstić information content (AvgIpc) is 2.64. The Kier molecular flexibility index (Phi) is 5.09. The van der Waals surface area contributed by atoms with Crippen LogP contribution in [0.2, 0.25) is 0 Å². The van der Waals surface area contributed by atoms with Gasteiger partial charge in [0.25, 0.3) is 5.56 Å². The fraction of sp³-hybridized carbons (Fsp3) is 0.765. The van der Waals surface area contributed by atoms with E-state index >= 15 is 0 Å². The Morgan fingerprint density at radius 2 is 1.88 bits per heavy atom. The number of nitrogens with zero attached hydrogens (tertiary/aromatic N) is 1. The maximum atomic E-state index is 12.0. The highest BCUT2D eigenvalue weighted by Crippen LogP contribution is 2.38. The number of H-pyrrole nitrogens is 1. The van der Waals surface area contributed by atoms with Gasteiger partial charge in [0.05, 0.1) is 11.7 Å². The molecule has 0 radical (unpaired) electrons. The van der Waals surface area contributed by atoms with Gasteiger partial charge in [-0.3, -0.25) is 14.3 Å². The van der Waals surface area contributed by atoms with Crippen molar-refractivity contribution in [1.29, 1.82) is 0 Å². The fourth-order valence-corrected chi connectivity index (χ4v) is 2.90. The number of aromatic amines is 1. The summed E-state index contributed by atoms with van der Waals surface area (Å²) in [5.74, 6) is 0. The van der Waals surface area contributed by atoms with E-state index in [1.165, 1.54) is 16.8 Å². The first kappa shape index (κ1) is 18.9. The third kappa shape index (κ3) is 4.55. The van der Waals surface area contributed by atoms with Crippen molar-refractivity contribution in [1.82, 2.24) is 9.55 Å². The van der Waals surface area contributed by atoms with Crippen molar-refractivity contribution in [3.63, 3.8) is 0 Å². The van der Waals surface area contributed by atoms with E-state index in [0.29, 0.717) is 6.42 Å². The van der Waals surface area contributed by atoms with Crippen LogP contribution in [-0.4, -0.2) is 38.6 Å². The molecule has 1 unspecified atom stereocenters. The van der Waals surface area contributed by atoms with E-state index in [0.717, 1.165) is 0 Å². The van der Waals surface area contributed by atoms with E-state index in [9.17, 15) is 14.7 Å². The first-order chi connectivity index (χ1) is 10.9. The number of hydrogen-bond acceptors (Lipinski definition) is 5. The van der Waals surface area contributed by atoms with Gasteiger partial charge < -0.3 is 14.6 Å². The second-order valence-electron chi connectivity index (χ2n) is 8.53. The Hall–Kier alpha value is -1.44. The second-order valence-corrected chi connectivity index (χ2v) is 8.53. The van der Waals surface area contributed by atoms with Crippen LogP contribution in [0.1, 0.15) is 54.2 Å². The zero-order valence-corrected chi connectivity index (χ0v) is 15.2. The van der Waals surface area contributed by atoms with Gasteiger partial charge in [-0.05, 0) is 32.6 Å². The molecule has 2 N–H and O–H groups in total. The molecule has 1 aromatic rings. The highest BCUT2D eigenvalue weighted by Gasteiger charge is 2.48. The van der Waals surface area contributed by atoms with Crippen LogP contribution in [0.5, 0.6) is 0 Å². The molecule has 0 spiro atoms. The van der Waals surface area contributed by atoms with Crippen LogP contribution >= 0.6 is 0 Å². The molecule has 0 aromatic carbocycles. The van der Waals surface area contributed by atoms with Crippen molar-refractivity contribution in [3.8, 4) is 0 Å². The minimum atomic E-state index is -1.01. The molecule has 1 fully saturated rings. The Labute approximate surface area is 141 Å². The lowest BCUT2D eigenvalue weighted by Crippen LogP contribution is -2.42. The molecule has 1 aromatic heterocycles. The molecule has 0 amide bonds.